The van der Waals surface area contributed by atoms with Gasteiger partial charge < -0.3 is 15.0 Å². The van der Waals surface area contributed by atoms with E-state index in [-0.39, 0.29) is 12.0 Å². The fourth-order valence-electron chi connectivity index (χ4n) is 3.31. The minimum Gasteiger partial charge on any atom is -0.380 e. The summed E-state index contributed by atoms with van der Waals surface area (Å²) in [5.41, 5.74) is 3.13. The number of nitrogens with zero attached hydrogens (tertiary/aromatic N) is 2. The SMILES string of the molecule is COC1CCCN(c2ccc(NC(=O)c3cc(-c4cccs4)[nH]n3)cc2)C1. The van der Waals surface area contributed by atoms with Gasteiger partial charge in [0.05, 0.1) is 16.7 Å². The van der Waals surface area contributed by atoms with Crippen molar-refractivity contribution in [2.75, 3.05) is 30.4 Å². The summed E-state index contributed by atoms with van der Waals surface area (Å²) in [5.74, 6) is -0.223. The van der Waals surface area contributed by atoms with Crippen LogP contribution in [0.25, 0.3) is 10.6 Å². The second-order valence-electron chi connectivity index (χ2n) is 6.59. The maximum absolute atomic E-state index is 12.4. The molecule has 0 spiro atoms. The summed E-state index contributed by atoms with van der Waals surface area (Å²) in [5, 5.41) is 11.9. The maximum atomic E-state index is 12.4. The molecule has 1 aliphatic heterocycles. The lowest BCUT2D eigenvalue weighted by Gasteiger charge is -2.33. The van der Waals surface area contributed by atoms with Crippen molar-refractivity contribution in [2.24, 2.45) is 0 Å². The van der Waals surface area contributed by atoms with Crippen molar-refractivity contribution in [3.8, 4) is 10.6 Å². The van der Waals surface area contributed by atoms with E-state index >= 15 is 0 Å². The highest BCUT2D eigenvalue weighted by molar-refractivity contribution is 7.13. The lowest BCUT2D eigenvalue weighted by Crippen LogP contribution is -2.39. The Morgan fingerprint density at radius 1 is 1.33 bits per heavy atom. The van der Waals surface area contributed by atoms with Crippen LogP contribution in [0.15, 0.2) is 47.8 Å². The van der Waals surface area contributed by atoms with Crippen molar-refractivity contribution in [1.82, 2.24) is 10.2 Å². The van der Waals surface area contributed by atoms with Crippen LogP contribution in [0.2, 0.25) is 0 Å². The lowest BCUT2D eigenvalue weighted by molar-refractivity contribution is 0.0893. The second kappa shape index (κ2) is 7.94. The van der Waals surface area contributed by atoms with E-state index < -0.39 is 0 Å². The molecule has 3 heterocycles. The molecule has 2 aromatic heterocycles. The van der Waals surface area contributed by atoms with Crippen LogP contribution in [0, 0.1) is 0 Å². The summed E-state index contributed by atoms with van der Waals surface area (Å²) in [6.07, 6.45) is 2.52. The van der Waals surface area contributed by atoms with Crippen molar-refractivity contribution < 1.29 is 9.53 Å². The Kier molecular flexibility index (Phi) is 5.22. The summed E-state index contributed by atoms with van der Waals surface area (Å²) in [7, 11) is 1.77. The summed E-state index contributed by atoms with van der Waals surface area (Å²) in [6, 6.07) is 13.7. The number of carbonyl (C=O) groups excluding carboxylic acids is 1. The molecule has 1 saturated heterocycles. The summed E-state index contributed by atoms with van der Waals surface area (Å²) < 4.78 is 5.49. The number of nitrogens with one attached hydrogen (secondary N) is 2. The molecule has 0 aliphatic carbocycles. The minimum atomic E-state index is -0.223. The Hall–Kier alpha value is -2.64. The van der Waals surface area contributed by atoms with Crippen LogP contribution >= 0.6 is 11.3 Å². The molecule has 2 N–H and O–H groups in total. The molecule has 1 amide bonds. The zero-order valence-electron chi connectivity index (χ0n) is 15.1. The molecule has 1 unspecified atom stereocenters. The van der Waals surface area contributed by atoms with Crippen LogP contribution in [0.5, 0.6) is 0 Å². The Bertz CT molecular complexity index is 889. The Labute approximate surface area is 162 Å². The van der Waals surface area contributed by atoms with Crippen molar-refractivity contribution in [2.45, 2.75) is 18.9 Å². The number of methoxy groups -OCH3 is 1. The molecular weight excluding hydrogens is 360 g/mol. The number of ether oxygens (including phenoxy) is 1. The van der Waals surface area contributed by atoms with Crippen LogP contribution < -0.4 is 10.2 Å². The number of benzene rings is 1. The van der Waals surface area contributed by atoms with Gasteiger partial charge in [0.2, 0.25) is 0 Å². The van der Waals surface area contributed by atoms with E-state index in [1.54, 1.807) is 24.5 Å². The van der Waals surface area contributed by atoms with Crippen LogP contribution in [0.3, 0.4) is 0 Å². The van der Waals surface area contributed by atoms with Gasteiger partial charge in [-0.3, -0.25) is 9.89 Å². The quantitative estimate of drug-likeness (QED) is 0.700. The van der Waals surface area contributed by atoms with Gasteiger partial charge in [-0.25, -0.2) is 0 Å². The first-order valence-electron chi connectivity index (χ1n) is 9.01. The van der Waals surface area contributed by atoms with Crippen LogP contribution in [-0.2, 0) is 4.74 Å². The Balaban J connectivity index is 1.40. The van der Waals surface area contributed by atoms with Crippen LogP contribution in [-0.4, -0.2) is 42.4 Å². The molecule has 6 nitrogen and oxygen atoms in total. The van der Waals surface area contributed by atoms with E-state index in [2.05, 4.69) is 20.4 Å². The smallest absolute Gasteiger partial charge is 0.276 e. The number of rotatable bonds is 5. The van der Waals surface area contributed by atoms with Crippen LogP contribution in [0.4, 0.5) is 11.4 Å². The van der Waals surface area contributed by atoms with E-state index in [0.717, 1.165) is 47.9 Å². The molecule has 1 aliphatic rings. The standard InChI is InChI=1S/C20H22N4O2S/c1-26-16-4-2-10-24(13-16)15-8-6-14(7-9-15)21-20(25)18-12-17(22-23-18)19-5-3-11-27-19/h3,5-9,11-12,16H,2,4,10,13H2,1H3,(H,21,25)(H,22,23). The molecule has 0 saturated carbocycles. The molecule has 27 heavy (non-hydrogen) atoms. The van der Waals surface area contributed by atoms with Crippen LogP contribution in [0.1, 0.15) is 23.3 Å². The van der Waals surface area contributed by atoms with Gasteiger partial charge in [0, 0.05) is 31.6 Å². The number of thiophene rings is 1. The number of carbonyl (C=O) groups is 1. The molecule has 140 valence electrons. The highest BCUT2D eigenvalue weighted by atomic mass is 32.1. The van der Waals surface area contributed by atoms with Gasteiger partial charge in [-0.1, -0.05) is 6.07 Å². The monoisotopic (exact) mass is 382 g/mol. The van der Waals surface area contributed by atoms with E-state index in [1.807, 2.05) is 41.8 Å². The number of aromatic nitrogens is 2. The van der Waals surface area contributed by atoms with E-state index in [4.69, 9.17) is 4.74 Å². The highest BCUT2D eigenvalue weighted by Gasteiger charge is 2.19. The molecule has 3 aromatic rings. The summed E-state index contributed by atoms with van der Waals surface area (Å²) in [4.78, 5) is 15.8. The number of amides is 1. The molecule has 1 atom stereocenters. The average molecular weight is 382 g/mol. The van der Waals surface area contributed by atoms with E-state index in [0.29, 0.717) is 5.69 Å². The highest BCUT2D eigenvalue weighted by Crippen LogP contribution is 2.25. The first-order valence-corrected chi connectivity index (χ1v) is 9.89. The zero-order valence-corrected chi connectivity index (χ0v) is 16.0. The largest absolute Gasteiger partial charge is 0.380 e. The minimum absolute atomic E-state index is 0.223. The molecule has 4 rings (SSSR count). The molecule has 7 heteroatoms. The normalized spacial score (nSPS) is 17.1. The Morgan fingerprint density at radius 2 is 2.19 bits per heavy atom. The zero-order chi connectivity index (χ0) is 18.6. The van der Waals surface area contributed by atoms with Crippen molar-refractivity contribution in [3.63, 3.8) is 0 Å². The number of hydrogen-bond donors (Lipinski definition) is 2. The Morgan fingerprint density at radius 3 is 2.93 bits per heavy atom. The predicted molar refractivity (Wildman–Crippen MR) is 109 cm³/mol. The topological polar surface area (TPSA) is 70.2 Å². The number of aromatic amines is 1. The predicted octanol–water partition coefficient (Wildman–Crippen LogP) is 4.01. The third-order valence-electron chi connectivity index (χ3n) is 4.80. The molecule has 1 aromatic carbocycles. The average Bonchev–Trinajstić information content (AvgIpc) is 3.40. The van der Waals surface area contributed by atoms with E-state index in [1.165, 1.54) is 0 Å². The summed E-state index contributed by atoms with van der Waals surface area (Å²) >= 11 is 1.61. The van der Waals surface area contributed by atoms with Gasteiger partial charge >= 0.3 is 0 Å². The number of hydrogen-bond acceptors (Lipinski definition) is 5. The van der Waals surface area contributed by atoms with Crippen molar-refractivity contribution in [1.29, 1.82) is 0 Å². The fourth-order valence-corrected chi connectivity index (χ4v) is 4.00. The van der Waals surface area contributed by atoms with Gasteiger partial charge in [0.15, 0.2) is 5.69 Å². The van der Waals surface area contributed by atoms with Gasteiger partial charge in [-0.05, 0) is 54.6 Å². The summed E-state index contributed by atoms with van der Waals surface area (Å²) in [6.45, 7) is 1.94. The number of H-pyrrole nitrogens is 1. The first kappa shape index (κ1) is 17.8. The molecule has 0 bridgehead atoms. The van der Waals surface area contributed by atoms with Gasteiger partial charge in [0.1, 0.15) is 0 Å². The third kappa shape index (κ3) is 4.04. The second-order valence-corrected chi connectivity index (χ2v) is 7.54. The molecule has 0 radical (unpaired) electrons. The number of piperidine rings is 1. The maximum Gasteiger partial charge on any atom is 0.276 e. The van der Waals surface area contributed by atoms with Gasteiger partial charge in [-0.2, -0.15) is 5.10 Å². The molecule has 1 fully saturated rings. The lowest BCUT2D eigenvalue weighted by atomic mass is 10.1. The van der Waals surface area contributed by atoms with E-state index in [9.17, 15) is 4.79 Å². The number of anilines is 2. The van der Waals surface area contributed by atoms with Crippen molar-refractivity contribution in [3.05, 3.63) is 53.5 Å². The fraction of sp³-hybridized carbons (Fsp3) is 0.300. The molecular formula is C20H22N4O2S. The van der Waals surface area contributed by atoms with Crippen molar-refractivity contribution >= 4 is 28.6 Å². The van der Waals surface area contributed by atoms with Gasteiger partial charge in [-0.15, -0.1) is 11.3 Å². The first-order chi connectivity index (χ1) is 13.2. The van der Waals surface area contributed by atoms with Gasteiger partial charge in [0.25, 0.3) is 5.91 Å². The third-order valence-corrected chi connectivity index (χ3v) is 5.70.